The Morgan fingerprint density at radius 2 is 2.07 bits per heavy atom. The zero-order valence-corrected chi connectivity index (χ0v) is 16.4. The molecule has 1 aliphatic rings. The number of ether oxygens (including phenoxy) is 1. The van der Waals surface area contributed by atoms with Gasteiger partial charge in [-0.2, -0.15) is 14.3 Å². The van der Waals surface area contributed by atoms with Gasteiger partial charge in [-0.3, -0.25) is 9.09 Å². The second kappa shape index (κ2) is 7.83. The average Bonchev–Trinajstić information content (AvgIpc) is 3.12. The van der Waals surface area contributed by atoms with Crippen molar-refractivity contribution in [3.05, 3.63) is 6.33 Å². The molecule has 162 valence electrons. The quantitative estimate of drug-likeness (QED) is 0.282. The van der Waals surface area contributed by atoms with Crippen LogP contribution in [0.1, 0.15) is 6.23 Å². The first-order valence-electron chi connectivity index (χ1n) is 7.81. The molecule has 0 saturated carbocycles. The summed E-state index contributed by atoms with van der Waals surface area (Å²) < 4.78 is 51.3. The van der Waals surface area contributed by atoms with Gasteiger partial charge >= 0.3 is 15.6 Å². The number of nitrogens with two attached hydrogens (primary N) is 1. The van der Waals surface area contributed by atoms with Crippen LogP contribution in [0.2, 0.25) is 0 Å². The van der Waals surface area contributed by atoms with Crippen LogP contribution >= 0.6 is 15.6 Å². The van der Waals surface area contributed by atoms with Gasteiger partial charge in [-0.1, -0.05) is 0 Å². The number of aliphatic hydroxyl groups is 1. The van der Waals surface area contributed by atoms with Crippen LogP contribution in [-0.4, -0.2) is 71.3 Å². The molecule has 29 heavy (non-hydrogen) atoms. The molecule has 3 rings (SSSR count). The van der Waals surface area contributed by atoms with Crippen molar-refractivity contribution in [1.29, 1.82) is 0 Å². The smallest absolute Gasteiger partial charge is 0.387 e. The first-order valence-corrected chi connectivity index (χ1v) is 10.8. The predicted octanol–water partition coefficient (Wildman–Crippen LogP) is -0.727. The Morgan fingerprint density at radius 1 is 1.38 bits per heavy atom. The van der Waals surface area contributed by atoms with Crippen LogP contribution in [0, 0.1) is 0 Å². The largest absolute Gasteiger partial charge is 0.481 e. The van der Waals surface area contributed by atoms with Gasteiger partial charge in [0.25, 0.3) is 0 Å². The highest BCUT2D eigenvalue weighted by molar-refractivity contribution is 7.60. The van der Waals surface area contributed by atoms with Gasteiger partial charge in [0.2, 0.25) is 5.95 Å². The molecule has 1 saturated heterocycles. The van der Waals surface area contributed by atoms with E-state index < -0.39 is 46.9 Å². The van der Waals surface area contributed by atoms with Crippen LogP contribution < -0.4 is 11.1 Å². The maximum Gasteiger partial charge on any atom is 0.481 e. The molecule has 18 heteroatoms. The zero-order chi connectivity index (χ0) is 21.6. The van der Waals surface area contributed by atoms with Gasteiger partial charge in [0.15, 0.2) is 29.4 Å². The lowest BCUT2D eigenvalue weighted by atomic mass is 10.1. The summed E-state index contributed by atoms with van der Waals surface area (Å²) in [5.41, 5.74) is 5.97. The number of anilines is 2. The van der Waals surface area contributed by atoms with Crippen LogP contribution in [0.25, 0.3) is 11.2 Å². The minimum atomic E-state index is -5.33. The van der Waals surface area contributed by atoms with Crippen molar-refractivity contribution in [3.63, 3.8) is 0 Å². The molecule has 0 aliphatic carbocycles. The highest BCUT2D eigenvalue weighted by Gasteiger charge is 2.47. The van der Waals surface area contributed by atoms with E-state index in [9.17, 15) is 23.5 Å². The Labute approximate surface area is 161 Å². The summed E-state index contributed by atoms with van der Waals surface area (Å²) in [4.78, 5) is 38.4. The number of aromatic nitrogens is 4. The van der Waals surface area contributed by atoms with Crippen molar-refractivity contribution in [2.75, 3.05) is 24.7 Å². The van der Waals surface area contributed by atoms with Crippen LogP contribution in [0.5, 0.6) is 0 Å². The lowest BCUT2D eigenvalue weighted by molar-refractivity contribution is -0.0450. The van der Waals surface area contributed by atoms with Crippen LogP contribution in [0.3, 0.4) is 0 Å². The second-order valence-corrected chi connectivity index (χ2v) is 8.67. The molecule has 2 aromatic rings. The molecule has 0 bridgehead atoms. The second-order valence-electron chi connectivity index (χ2n) is 5.84. The lowest BCUT2D eigenvalue weighted by Crippen LogP contribution is -2.31. The summed E-state index contributed by atoms with van der Waals surface area (Å²) in [6, 6.07) is 0. The van der Waals surface area contributed by atoms with Gasteiger partial charge in [-0.05, 0) is 0 Å². The fourth-order valence-electron chi connectivity index (χ4n) is 2.68. The normalized spacial score (nSPS) is 27.2. The van der Waals surface area contributed by atoms with Gasteiger partial charge in [0, 0.05) is 7.05 Å². The molecule has 1 unspecified atom stereocenters. The summed E-state index contributed by atoms with van der Waals surface area (Å²) >= 11 is 0. The number of fused-ring (bicyclic) bond motifs is 1. The molecule has 2 aromatic heterocycles. The maximum absolute atomic E-state index is 14.6. The third kappa shape index (κ3) is 4.71. The molecule has 0 radical (unpaired) electrons. The van der Waals surface area contributed by atoms with Crippen molar-refractivity contribution in [3.8, 4) is 0 Å². The Kier molecular flexibility index (Phi) is 5.93. The van der Waals surface area contributed by atoms with Gasteiger partial charge in [0.1, 0.15) is 12.2 Å². The Balaban J connectivity index is 1.80. The Bertz CT molecular complexity index is 1000. The molecule has 5 atom stereocenters. The number of alkyl halides is 1. The van der Waals surface area contributed by atoms with Gasteiger partial charge < -0.3 is 35.6 Å². The molecule has 1 aliphatic heterocycles. The summed E-state index contributed by atoms with van der Waals surface area (Å²) in [5, 5.41) is 12.8. The topological polar surface area (TPSA) is 224 Å². The number of imidazole rings is 1. The van der Waals surface area contributed by atoms with Gasteiger partial charge in [-0.25, -0.2) is 18.5 Å². The van der Waals surface area contributed by atoms with E-state index in [2.05, 4.69) is 29.1 Å². The van der Waals surface area contributed by atoms with Crippen LogP contribution in [0.15, 0.2) is 6.33 Å². The van der Waals surface area contributed by atoms with Crippen LogP contribution in [-0.2, 0) is 22.7 Å². The molecule has 15 nitrogen and oxygen atoms in total. The molecule has 0 amide bonds. The van der Waals surface area contributed by atoms with E-state index in [1.165, 1.54) is 6.33 Å². The molecule has 3 heterocycles. The summed E-state index contributed by atoms with van der Waals surface area (Å²) in [6.07, 6.45) is -5.59. The maximum atomic E-state index is 14.6. The number of hydrogen-bond acceptors (Lipinski definition) is 11. The lowest BCUT2D eigenvalue weighted by Gasteiger charge is -2.17. The number of nitrogens with one attached hydrogen (secondary N) is 1. The summed E-state index contributed by atoms with van der Waals surface area (Å²) in [6.45, 7) is -0.905. The van der Waals surface area contributed by atoms with E-state index in [0.717, 1.165) is 4.57 Å². The number of phosphoric acid groups is 2. The fourth-order valence-corrected chi connectivity index (χ4v) is 4.28. The third-order valence-electron chi connectivity index (χ3n) is 3.85. The molecular formula is C11H17FN6O9P2. The first-order chi connectivity index (χ1) is 13.4. The number of phosphoric ester groups is 1. The number of rotatable bonds is 7. The molecular weight excluding hydrogens is 441 g/mol. The van der Waals surface area contributed by atoms with E-state index in [4.69, 9.17) is 20.3 Å². The van der Waals surface area contributed by atoms with Gasteiger partial charge in [0.05, 0.1) is 12.9 Å². The highest BCUT2D eigenvalue weighted by Crippen LogP contribution is 2.57. The minimum Gasteiger partial charge on any atom is -0.387 e. The Hall–Kier alpha value is -1.74. The number of hydrogen-bond donors (Lipinski definition) is 6. The SMILES string of the molecule is CNc1nc(N)nc2c1ncn2[C@@H]1O[C@H](COP(=O)(O)OP(=O)(O)O)[C@@H](O)[C@@H]1F. The number of halogens is 1. The van der Waals surface area contributed by atoms with Crippen molar-refractivity contribution < 1.29 is 46.9 Å². The predicted molar refractivity (Wildman–Crippen MR) is 93.0 cm³/mol. The van der Waals surface area contributed by atoms with Gasteiger partial charge in [-0.15, -0.1) is 0 Å². The highest BCUT2D eigenvalue weighted by atomic mass is 31.3. The summed E-state index contributed by atoms with van der Waals surface area (Å²) in [5.74, 6) is 0.143. The monoisotopic (exact) mass is 458 g/mol. The number of aliphatic hydroxyl groups excluding tert-OH is 1. The third-order valence-corrected chi connectivity index (χ3v) is 6.01. The minimum absolute atomic E-state index is 0.0981. The van der Waals surface area contributed by atoms with E-state index in [1.54, 1.807) is 7.05 Å². The Morgan fingerprint density at radius 3 is 2.69 bits per heavy atom. The van der Waals surface area contributed by atoms with E-state index >= 15 is 0 Å². The molecule has 0 spiro atoms. The molecule has 7 N–H and O–H groups in total. The standard InChI is InChI=1S/C11H17FN6O9P2/c1-14-8-6-9(17-11(13)16-8)18(3-15-6)10-5(12)7(19)4(26-10)2-25-29(23,24)27-28(20,21)22/h3-5,7,10,19H,2H2,1H3,(H,23,24)(H2,20,21,22)(H3,13,14,16,17)/t4-,5+,7-,10-/m1/s1. The van der Waals surface area contributed by atoms with E-state index in [-0.39, 0.29) is 22.9 Å². The zero-order valence-electron chi connectivity index (χ0n) is 14.6. The van der Waals surface area contributed by atoms with Crippen LogP contribution in [0.4, 0.5) is 16.2 Å². The first kappa shape index (κ1) is 22.0. The number of nitrogen functional groups attached to an aromatic ring is 1. The molecule has 0 aromatic carbocycles. The fraction of sp³-hybridized carbons (Fsp3) is 0.545. The van der Waals surface area contributed by atoms with Crippen molar-refractivity contribution in [1.82, 2.24) is 19.5 Å². The average molecular weight is 458 g/mol. The number of nitrogens with zero attached hydrogens (tertiary/aromatic N) is 4. The van der Waals surface area contributed by atoms with Crippen molar-refractivity contribution in [2.45, 2.75) is 24.6 Å². The van der Waals surface area contributed by atoms with E-state index in [1.807, 2.05) is 0 Å². The van der Waals surface area contributed by atoms with Crippen molar-refractivity contribution in [2.24, 2.45) is 0 Å². The molecule has 1 fully saturated rings. The summed E-state index contributed by atoms with van der Waals surface area (Å²) in [7, 11) is -8.95. The van der Waals surface area contributed by atoms with E-state index in [0.29, 0.717) is 0 Å². The van der Waals surface area contributed by atoms with Crippen molar-refractivity contribution >= 4 is 38.6 Å².